The molecule has 14 heavy (non-hydrogen) atoms. The van der Waals surface area contributed by atoms with E-state index in [-0.39, 0.29) is 0 Å². The summed E-state index contributed by atoms with van der Waals surface area (Å²) in [5.41, 5.74) is 7.61. The summed E-state index contributed by atoms with van der Waals surface area (Å²) in [4.78, 5) is 0. The summed E-state index contributed by atoms with van der Waals surface area (Å²) >= 11 is 0. The molecule has 0 aliphatic rings. The number of nitrogen functional groups attached to an aromatic ring is 1. The van der Waals surface area contributed by atoms with Crippen LogP contribution in [0.5, 0.6) is 0 Å². The highest BCUT2D eigenvalue weighted by atomic mass is 15.3. The minimum atomic E-state index is 0.804. The topological polar surface area (TPSA) is 43.8 Å². The van der Waals surface area contributed by atoms with Crippen molar-refractivity contribution < 1.29 is 0 Å². The van der Waals surface area contributed by atoms with E-state index >= 15 is 0 Å². The molecule has 3 nitrogen and oxygen atoms in total. The summed E-state index contributed by atoms with van der Waals surface area (Å²) in [5, 5.41) is 4.22. The van der Waals surface area contributed by atoms with Crippen LogP contribution in [0, 0.1) is 6.92 Å². The van der Waals surface area contributed by atoms with E-state index in [4.69, 9.17) is 5.73 Å². The molecule has 0 aliphatic heterocycles. The van der Waals surface area contributed by atoms with Gasteiger partial charge in [-0.3, -0.25) is 4.68 Å². The molecular formula is C11H21N3. The lowest BCUT2D eigenvalue weighted by molar-refractivity contribution is 0.525. The molecule has 3 heteroatoms. The zero-order valence-corrected chi connectivity index (χ0v) is 9.29. The van der Waals surface area contributed by atoms with Gasteiger partial charge >= 0.3 is 0 Å². The Kier molecular flexibility index (Phi) is 4.50. The number of rotatable bonds is 6. The van der Waals surface area contributed by atoms with Gasteiger partial charge in [-0.2, -0.15) is 5.10 Å². The van der Waals surface area contributed by atoms with Crippen LogP contribution in [0.15, 0.2) is 6.20 Å². The number of aryl methyl sites for hydroxylation is 1. The second kappa shape index (κ2) is 5.68. The number of unbranched alkanes of at least 4 members (excludes halogenated alkanes) is 4. The van der Waals surface area contributed by atoms with Gasteiger partial charge in [0.2, 0.25) is 0 Å². The largest absolute Gasteiger partial charge is 0.396 e. The Hall–Kier alpha value is -0.990. The van der Waals surface area contributed by atoms with Gasteiger partial charge in [0.15, 0.2) is 0 Å². The zero-order chi connectivity index (χ0) is 10.4. The summed E-state index contributed by atoms with van der Waals surface area (Å²) in [6, 6.07) is 0. The van der Waals surface area contributed by atoms with Crippen molar-refractivity contribution in [2.45, 2.75) is 52.5 Å². The van der Waals surface area contributed by atoms with E-state index in [0.29, 0.717) is 0 Å². The second-order valence-electron chi connectivity index (χ2n) is 3.82. The fourth-order valence-electron chi connectivity index (χ4n) is 1.55. The summed E-state index contributed by atoms with van der Waals surface area (Å²) in [7, 11) is 0. The summed E-state index contributed by atoms with van der Waals surface area (Å²) < 4.78 is 2.00. The summed E-state index contributed by atoms with van der Waals surface area (Å²) in [6.07, 6.45) is 8.23. The first-order valence-electron chi connectivity index (χ1n) is 5.53. The van der Waals surface area contributed by atoms with Crippen molar-refractivity contribution in [1.29, 1.82) is 0 Å². The van der Waals surface area contributed by atoms with E-state index in [0.717, 1.165) is 17.9 Å². The number of hydrogen-bond donors (Lipinski definition) is 1. The first-order valence-corrected chi connectivity index (χ1v) is 5.53. The molecule has 0 fully saturated rings. The molecule has 0 radical (unpaired) electrons. The Labute approximate surface area is 86.3 Å². The highest BCUT2D eigenvalue weighted by molar-refractivity contribution is 5.39. The third-order valence-electron chi connectivity index (χ3n) is 2.61. The maximum absolute atomic E-state index is 5.71. The Balaban J connectivity index is 2.21. The molecule has 0 saturated carbocycles. The van der Waals surface area contributed by atoms with E-state index in [1.54, 1.807) is 6.20 Å². The molecule has 0 atom stereocenters. The molecule has 1 heterocycles. The predicted molar refractivity (Wildman–Crippen MR) is 60.1 cm³/mol. The van der Waals surface area contributed by atoms with Crippen LogP contribution in [0.2, 0.25) is 0 Å². The van der Waals surface area contributed by atoms with Crippen LogP contribution in [-0.2, 0) is 6.54 Å². The molecule has 0 spiro atoms. The SMILES string of the molecule is CCCCCCCn1ncc(N)c1C. The highest BCUT2D eigenvalue weighted by Gasteiger charge is 2.01. The van der Waals surface area contributed by atoms with Crippen LogP contribution in [0.4, 0.5) is 5.69 Å². The number of nitrogens with two attached hydrogens (primary N) is 1. The smallest absolute Gasteiger partial charge is 0.0730 e. The van der Waals surface area contributed by atoms with Gasteiger partial charge in [-0.05, 0) is 13.3 Å². The Morgan fingerprint density at radius 2 is 2.00 bits per heavy atom. The molecular weight excluding hydrogens is 174 g/mol. The molecule has 1 aromatic rings. The van der Waals surface area contributed by atoms with Gasteiger partial charge < -0.3 is 5.73 Å². The minimum absolute atomic E-state index is 0.804. The fraction of sp³-hybridized carbons (Fsp3) is 0.727. The average Bonchev–Trinajstić information content (AvgIpc) is 2.49. The van der Waals surface area contributed by atoms with Crippen LogP contribution >= 0.6 is 0 Å². The first kappa shape index (κ1) is 11.1. The lowest BCUT2D eigenvalue weighted by atomic mass is 10.1. The van der Waals surface area contributed by atoms with Crippen molar-refractivity contribution in [1.82, 2.24) is 9.78 Å². The van der Waals surface area contributed by atoms with Crippen LogP contribution in [-0.4, -0.2) is 9.78 Å². The van der Waals surface area contributed by atoms with Gasteiger partial charge in [0.1, 0.15) is 0 Å². The van der Waals surface area contributed by atoms with Crippen molar-refractivity contribution in [2.75, 3.05) is 5.73 Å². The minimum Gasteiger partial charge on any atom is -0.396 e. The molecule has 0 amide bonds. The number of anilines is 1. The third-order valence-corrected chi connectivity index (χ3v) is 2.61. The lowest BCUT2D eigenvalue weighted by Gasteiger charge is -2.04. The summed E-state index contributed by atoms with van der Waals surface area (Å²) in [5.74, 6) is 0. The second-order valence-corrected chi connectivity index (χ2v) is 3.82. The zero-order valence-electron chi connectivity index (χ0n) is 9.29. The quantitative estimate of drug-likeness (QED) is 0.709. The molecule has 0 aliphatic carbocycles. The van der Waals surface area contributed by atoms with Gasteiger partial charge in [-0.1, -0.05) is 32.6 Å². The predicted octanol–water partition coefficient (Wildman–Crippen LogP) is 2.74. The van der Waals surface area contributed by atoms with E-state index in [1.165, 1.54) is 32.1 Å². The molecule has 2 N–H and O–H groups in total. The van der Waals surface area contributed by atoms with Gasteiger partial charge in [0.25, 0.3) is 0 Å². The number of aromatic nitrogens is 2. The van der Waals surface area contributed by atoms with Crippen LogP contribution < -0.4 is 5.73 Å². The fourth-order valence-corrected chi connectivity index (χ4v) is 1.55. The molecule has 0 aromatic carbocycles. The van der Waals surface area contributed by atoms with Crippen molar-refractivity contribution in [3.05, 3.63) is 11.9 Å². The maximum atomic E-state index is 5.71. The van der Waals surface area contributed by atoms with Gasteiger partial charge in [0, 0.05) is 6.54 Å². The first-order chi connectivity index (χ1) is 6.75. The Morgan fingerprint density at radius 3 is 2.57 bits per heavy atom. The van der Waals surface area contributed by atoms with Crippen LogP contribution in [0.3, 0.4) is 0 Å². The molecule has 0 bridgehead atoms. The molecule has 1 aromatic heterocycles. The van der Waals surface area contributed by atoms with Crippen molar-refractivity contribution in [3.63, 3.8) is 0 Å². The Morgan fingerprint density at radius 1 is 1.29 bits per heavy atom. The van der Waals surface area contributed by atoms with E-state index in [1.807, 2.05) is 11.6 Å². The lowest BCUT2D eigenvalue weighted by Crippen LogP contribution is -2.02. The van der Waals surface area contributed by atoms with Crippen molar-refractivity contribution in [3.8, 4) is 0 Å². The molecule has 0 unspecified atom stereocenters. The molecule has 0 saturated heterocycles. The van der Waals surface area contributed by atoms with Gasteiger partial charge in [0.05, 0.1) is 17.6 Å². The average molecular weight is 195 g/mol. The van der Waals surface area contributed by atoms with Crippen LogP contribution in [0.1, 0.15) is 44.7 Å². The van der Waals surface area contributed by atoms with Crippen molar-refractivity contribution >= 4 is 5.69 Å². The molecule has 80 valence electrons. The number of hydrogen-bond acceptors (Lipinski definition) is 2. The standard InChI is InChI=1S/C11H21N3/c1-3-4-5-6-7-8-14-10(2)11(12)9-13-14/h9H,3-8,12H2,1-2H3. The van der Waals surface area contributed by atoms with E-state index < -0.39 is 0 Å². The Bertz CT molecular complexity index is 265. The van der Waals surface area contributed by atoms with Gasteiger partial charge in [-0.15, -0.1) is 0 Å². The van der Waals surface area contributed by atoms with Gasteiger partial charge in [-0.25, -0.2) is 0 Å². The van der Waals surface area contributed by atoms with E-state index in [9.17, 15) is 0 Å². The third kappa shape index (κ3) is 3.05. The number of nitrogens with zero attached hydrogens (tertiary/aromatic N) is 2. The molecule has 1 rings (SSSR count). The van der Waals surface area contributed by atoms with Crippen LogP contribution in [0.25, 0.3) is 0 Å². The van der Waals surface area contributed by atoms with Crippen molar-refractivity contribution in [2.24, 2.45) is 0 Å². The summed E-state index contributed by atoms with van der Waals surface area (Å²) in [6.45, 7) is 5.26. The monoisotopic (exact) mass is 195 g/mol. The van der Waals surface area contributed by atoms with E-state index in [2.05, 4.69) is 12.0 Å². The normalized spacial score (nSPS) is 10.7. The maximum Gasteiger partial charge on any atom is 0.0730 e. The highest BCUT2D eigenvalue weighted by Crippen LogP contribution is 2.10.